The van der Waals surface area contributed by atoms with Crippen molar-refractivity contribution in [1.29, 1.82) is 0 Å². The summed E-state index contributed by atoms with van der Waals surface area (Å²) in [6, 6.07) is 12.6. The zero-order chi connectivity index (χ0) is 23.8. The third kappa shape index (κ3) is 6.40. The molecule has 2 aromatic carbocycles. The first-order valence-corrected chi connectivity index (χ1v) is 12.9. The quantitative estimate of drug-likeness (QED) is 0.485. The number of hydrogen-bond acceptors (Lipinski definition) is 6. The van der Waals surface area contributed by atoms with Crippen molar-refractivity contribution in [2.75, 3.05) is 41.0 Å². The maximum Gasteiger partial charge on any atom is 0.243 e. The molecule has 1 saturated heterocycles. The molecule has 0 bridgehead atoms. The van der Waals surface area contributed by atoms with Gasteiger partial charge in [0.1, 0.15) is 5.75 Å². The van der Waals surface area contributed by atoms with E-state index in [0.29, 0.717) is 29.8 Å². The van der Waals surface area contributed by atoms with Gasteiger partial charge in [0.05, 0.1) is 26.2 Å². The Morgan fingerprint density at radius 2 is 1.70 bits per heavy atom. The van der Waals surface area contributed by atoms with Gasteiger partial charge in [-0.1, -0.05) is 12.5 Å². The van der Waals surface area contributed by atoms with E-state index in [2.05, 4.69) is 11.8 Å². The molecule has 8 heteroatoms. The van der Waals surface area contributed by atoms with E-state index >= 15 is 0 Å². The van der Waals surface area contributed by atoms with E-state index in [1.54, 1.807) is 49.9 Å². The molecule has 1 unspecified atom stereocenters. The van der Waals surface area contributed by atoms with Crippen LogP contribution in [0.5, 0.6) is 17.2 Å². The van der Waals surface area contributed by atoms with Gasteiger partial charge in [0, 0.05) is 19.1 Å². The molecule has 2 aromatic rings. The van der Waals surface area contributed by atoms with Gasteiger partial charge >= 0.3 is 0 Å². The largest absolute Gasteiger partial charge is 0.497 e. The highest BCUT2D eigenvalue weighted by Gasteiger charge is 2.26. The van der Waals surface area contributed by atoms with Gasteiger partial charge in [-0.15, -0.1) is 0 Å². The SMILES string of the molecule is COc1ccc(S(=O)(=O)N(CCCN2CCCCC2C)Cc2ccc(OC)c(OC)c2)cc1. The van der Waals surface area contributed by atoms with Crippen LogP contribution < -0.4 is 14.2 Å². The first-order valence-electron chi connectivity index (χ1n) is 11.5. The van der Waals surface area contributed by atoms with Crippen molar-refractivity contribution in [3.63, 3.8) is 0 Å². The van der Waals surface area contributed by atoms with E-state index < -0.39 is 10.0 Å². The molecule has 3 rings (SSSR count). The third-order valence-corrected chi connectivity index (χ3v) is 8.16. The molecule has 33 heavy (non-hydrogen) atoms. The summed E-state index contributed by atoms with van der Waals surface area (Å²) in [7, 11) is 1.03. The molecule has 0 N–H and O–H groups in total. The lowest BCUT2D eigenvalue weighted by Crippen LogP contribution is -2.40. The van der Waals surface area contributed by atoms with Crippen LogP contribution in [0, 0.1) is 0 Å². The van der Waals surface area contributed by atoms with Gasteiger partial charge in [-0.25, -0.2) is 8.42 Å². The second kappa shape index (κ2) is 11.7. The van der Waals surface area contributed by atoms with E-state index in [1.165, 1.54) is 19.3 Å². The lowest BCUT2D eigenvalue weighted by Gasteiger charge is -2.34. The average Bonchev–Trinajstić information content (AvgIpc) is 2.84. The Hall–Kier alpha value is -2.29. The number of nitrogens with zero attached hydrogens (tertiary/aromatic N) is 2. The summed E-state index contributed by atoms with van der Waals surface area (Å²) in [5.41, 5.74) is 0.844. The Morgan fingerprint density at radius 1 is 0.970 bits per heavy atom. The predicted molar refractivity (Wildman–Crippen MR) is 130 cm³/mol. The van der Waals surface area contributed by atoms with Crippen LogP contribution in [0.2, 0.25) is 0 Å². The molecular formula is C25H36N2O5S. The molecule has 1 aliphatic heterocycles. The van der Waals surface area contributed by atoms with E-state index in [1.807, 2.05) is 18.2 Å². The van der Waals surface area contributed by atoms with Crippen LogP contribution in [-0.4, -0.2) is 64.6 Å². The zero-order valence-electron chi connectivity index (χ0n) is 20.1. The number of hydrogen-bond donors (Lipinski definition) is 0. The van der Waals surface area contributed by atoms with Crippen molar-refractivity contribution in [2.45, 2.75) is 50.1 Å². The Morgan fingerprint density at radius 3 is 2.33 bits per heavy atom. The van der Waals surface area contributed by atoms with Gasteiger partial charge in [-0.3, -0.25) is 0 Å². The molecule has 0 radical (unpaired) electrons. The number of methoxy groups -OCH3 is 3. The Labute approximate surface area is 198 Å². The monoisotopic (exact) mass is 476 g/mol. The lowest BCUT2D eigenvalue weighted by molar-refractivity contribution is 0.155. The van der Waals surface area contributed by atoms with Crippen molar-refractivity contribution in [3.05, 3.63) is 48.0 Å². The normalized spacial score (nSPS) is 17.2. The van der Waals surface area contributed by atoms with Gasteiger partial charge < -0.3 is 19.1 Å². The van der Waals surface area contributed by atoms with Crippen LogP contribution in [0.1, 0.15) is 38.2 Å². The van der Waals surface area contributed by atoms with Crippen LogP contribution in [0.15, 0.2) is 47.4 Å². The predicted octanol–water partition coefficient (Wildman–Crippen LogP) is 4.17. The van der Waals surface area contributed by atoms with Gasteiger partial charge in [0.2, 0.25) is 10.0 Å². The Balaban J connectivity index is 1.81. The smallest absolute Gasteiger partial charge is 0.243 e. The van der Waals surface area contributed by atoms with E-state index in [9.17, 15) is 8.42 Å². The van der Waals surface area contributed by atoms with Crippen molar-refractivity contribution < 1.29 is 22.6 Å². The zero-order valence-corrected chi connectivity index (χ0v) is 20.9. The molecule has 0 aliphatic carbocycles. The summed E-state index contributed by atoms with van der Waals surface area (Å²) in [6.45, 7) is 4.93. The Kier molecular flexibility index (Phi) is 9.00. The maximum absolute atomic E-state index is 13.6. The minimum atomic E-state index is -3.69. The van der Waals surface area contributed by atoms with Gasteiger partial charge in [0.25, 0.3) is 0 Å². The minimum absolute atomic E-state index is 0.254. The molecule has 0 amide bonds. The molecule has 0 spiro atoms. The fourth-order valence-electron chi connectivity index (χ4n) is 4.30. The van der Waals surface area contributed by atoms with Gasteiger partial charge in [0.15, 0.2) is 11.5 Å². The summed E-state index contributed by atoms with van der Waals surface area (Å²) < 4.78 is 44.6. The number of rotatable bonds is 11. The summed E-state index contributed by atoms with van der Waals surface area (Å²) in [5, 5.41) is 0. The molecular weight excluding hydrogens is 440 g/mol. The number of ether oxygens (including phenoxy) is 3. The molecule has 1 aliphatic rings. The Bertz CT molecular complexity index is 994. The van der Waals surface area contributed by atoms with Crippen molar-refractivity contribution >= 4 is 10.0 Å². The van der Waals surface area contributed by atoms with E-state index in [0.717, 1.165) is 25.1 Å². The van der Waals surface area contributed by atoms with Crippen LogP contribution >= 0.6 is 0 Å². The fraction of sp³-hybridized carbons (Fsp3) is 0.520. The molecule has 1 heterocycles. The molecule has 7 nitrogen and oxygen atoms in total. The second-order valence-corrected chi connectivity index (χ2v) is 10.4. The van der Waals surface area contributed by atoms with Crippen molar-refractivity contribution in [2.24, 2.45) is 0 Å². The van der Waals surface area contributed by atoms with E-state index in [4.69, 9.17) is 14.2 Å². The molecule has 182 valence electrons. The summed E-state index contributed by atoms with van der Waals surface area (Å²) in [4.78, 5) is 2.73. The lowest BCUT2D eigenvalue weighted by atomic mass is 10.0. The first kappa shape index (κ1) is 25.3. The molecule has 1 atom stereocenters. The van der Waals surface area contributed by atoms with Crippen molar-refractivity contribution in [3.8, 4) is 17.2 Å². The van der Waals surface area contributed by atoms with Crippen molar-refractivity contribution in [1.82, 2.24) is 9.21 Å². The number of likely N-dealkylation sites (tertiary alicyclic amines) is 1. The maximum atomic E-state index is 13.6. The van der Waals surface area contributed by atoms with Crippen LogP contribution in [-0.2, 0) is 16.6 Å². The highest BCUT2D eigenvalue weighted by Crippen LogP contribution is 2.29. The van der Waals surface area contributed by atoms with Crippen LogP contribution in [0.4, 0.5) is 0 Å². The number of sulfonamides is 1. The number of piperidine rings is 1. The van der Waals surface area contributed by atoms with Crippen LogP contribution in [0.3, 0.4) is 0 Å². The average molecular weight is 477 g/mol. The minimum Gasteiger partial charge on any atom is -0.497 e. The third-order valence-electron chi connectivity index (χ3n) is 6.30. The summed E-state index contributed by atoms with van der Waals surface area (Å²) in [6.07, 6.45) is 4.46. The van der Waals surface area contributed by atoms with Crippen LogP contribution in [0.25, 0.3) is 0 Å². The molecule has 1 fully saturated rings. The first-order chi connectivity index (χ1) is 15.9. The topological polar surface area (TPSA) is 68.3 Å². The van der Waals surface area contributed by atoms with E-state index in [-0.39, 0.29) is 11.4 Å². The summed E-state index contributed by atoms with van der Waals surface area (Å²) >= 11 is 0. The number of benzene rings is 2. The highest BCUT2D eigenvalue weighted by atomic mass is 32.2. The highest BCUT2D eigenvalue weighted by molar-refractivity contribution is 7.89. The van der Waals surface area contributed by atoms with Gasteiger partial charge in [-0.05, 0) is 81.2 Å². The molecule has 0 aromatic heterocycles. The van der Waals surface area contributed by atoms with Gasteiger partial charge in [-0.2, -0.15) is 4.31 Å². The standard InChI is InChI=1S/C25H36N2O5S/c1-20-8-5-6-15-26(20)16-7-17-27(19-21-9-14-24(31-3)25(18-21)32-4)33(28,29)23-12-10-22(30-2)11-13-23/h9-14,18,20H,5-8,15-17,19H2,1-4H3. The second-order valence-electron chi connectivity index (χ2n) is 8.44. The summed E-state index contributed by atoms with van der Waals surface area (Å²) in [5.74, 6) is 1.82. The fourth-order valence-corrected chi connectivity index (χ4v) is 5.77. The molecule has 0 saturated carbocycles.